The van der Waals surface area contributed by atoms with Crippen molar-refractivity contribution in [3.05, 3.63) is 34.8 Å². The topological polar surface area (TPSA) is 64.1 Å². The molecule has 29 heavy (non-hydrogen) atoms. The lowest BCUT2D eigenvalue weighted by Gasteiger charge is -2.25. The molecule has 0 radical (unpaired) electrons. The summed E-state index contributed by atoms with van der Waals surface area (Å²) >= 11 is 1.71. The van der Waals surface area contributed by atoms with Crippen molar-refractivity contribution < 1.29 is 9.53 Å². The Balaban J connectivity index is 0.00000240. The molecule has 0 bridgehead atoms. The molecule has 2 fully saturated rings. The predicted molar refractivity (Wildman–Crippen MR) is 119 cm³/mol. The molecule has 1 N–H and O–H groups in total. The maximum absolute atomic E-state index is 11.9. The van der Waals surface area contributed by atoms with E-state index < -0.39 is 0 Å². The molecular weight excluding hydrogens is 406 g/mol. The van der Waals surface area contributed by atoms with Crippen LogP contribution in [0.4, 0.5) is 0 Å². The van der Waals surface area contributed by atoms with Gasteiger partial charge in [-0.2, -0.15) is 0 Å². The van der Waals surface area contributed by atoms with E-state index in [0.29, 0.717) is 18.4 Å². The van der Waals surface area contributed by atoms with Crippen molar-refractivity contribution in [1.29, 1.82) is 0 Å². The van der Waals surface area contributed by atoms with E-state index >= 15 is 0 Å². The number of halogens is 1. The van der Waals surface area contributed by atoms with Crippen LogP contribution in [0.2, 0.25) is 0 Å². The van der Waals surface area contributed by atoms with Crippen LogP contribution >= 0.6 is 23.7 Å². The molecule has 1 aliphatic carbocycles. The molecule has 1 aromatic heterocycles. The maximum atomic E-state index is 11.9. The van der Waals surface area contributed by atoms with Crippen LogP contribution in [0.5, 0.6) is 0 Å². The van der Waals surface area contributed by atoms with Crippen LogP contribution in [0.25, 0.3) is 10.6 Å². The Hall–Kier alpha value is -1.50. The highest BCUT2D eigenvalue weighted by atomic mass is 35.5. The smallest absolute Gasteiger partial charge is 0.308 e. The van der Waals surface area contributed by atoms with Gasteiger partial charge in [-0.3, -0.25) is 4.79 Å². The van der Waals surface area contributed by atoms with E-state index in [0.717, 1.165) is 54.4 Å². The summed E-state index contributed by atoms with van der Waals surface area (Å²) in [5.74, 6) is 1.12. The molecule has 2 aliphatic rings. The average molecular weight is 436 g/mol. The summed E-state index contributed by atoms with van der Waals surface area (Å²) in [6, 6.07) is 8.91. The second-order valence-corrected chi connectivity index (χ2v) is 8.90. The zero-order valence-electron chi connectivity index (χ0n) is 16.9. The van der Waals surface area contributed by atoms with E-state index in [1.807, 2.05) is 6.92 Å². The highest BCUT2D eigenvalue weighted by molar-refractivity contribution is 7.14. The maximum Gasteiger partial charge on any atom is 0.308 e. The molecule has 1 saturated carbocycles. The Bertz CT molecular complexity index is 782. The number of carbonyl (C=O) groups excluding carboxylic acids is 1. The molecule has 1 aromatic carbocycles. The average Bonchev–Trinajstić information content (AvgIpc) is 3.25. The number of esters is 1. The summed E-state index contributed by atoms with van der Waals surface area (Å²) in [6.45, 7) is 4.56. The first-order chi connectivity index (χ1) is 13.7. The SMILES string of the molecule is CCOC(=O)C1CCC(c2nnc(-c3ccc(C4CCNCC4)cc3)s2)CC1.Cl. The fourth-order valence-electron chi connectivity index (χ4n) is 4.41. The van der Waals surface area contributed by atoms with E-state index in [4.69, 9.17) is 4.74 Å². The quantitative estimate of drug-likeness (QED) is 0.674. The zero-order valence-corrected chi connectivity index (χ0v) is 18.6. The Morgan fingerprint density at radius 3 is 2.38 bits per heavy atom. The van der Waals surface area contributed by atoms with E-state index in [2.05, 4.69) is 39.8 Å². The summed E-state index contributed by atoms with van der Waals surface area (Å²) in [4.78, 5) is 11.9. The number of piperidine rings is 1. The number of hydrogen-bond donors (Lipinski definition) is 1. The van der Waals surface area contributed by atoms with Gasteiger partial charge in [0.15, 0.2) is 0 Å². The second kappa shape index (κ2) is 10.5. The van der Waals surface area contributed by atoms with Gasteiger partial charge in [-0.05, 0) is 70.0 Å². The number of benzene rings is 1. The van der Waals surface area contributed by atoms with Gasteiger partial charge in [0.1, 0.15) is 10.0 Å². The minimum absolute atomic E-state index is 0. The summed E-state index contributed by atoms with van der Waals surface area (Å²) < 4.78 is 5.17. The van der Waals surface area contributed by atoms with Crippen LogP contribution in [0.15, 0.2) is 24.3 Å². The number of rotatable bonds is 5. The van der Waals surface area contributed by atoms with Gasteiger partial charge in [0, 0.05) is 11.5 Å². The third-order valence-electron chi connectivity index (χ3n) is 6.11. The molecule has 0 unspecified atom stereocenters. The van der Waals surface area contributed by atoms with Crippen molar-refractivity contribution in [3.8, 4) is 10.6 Å². The van der Waals surface area contributed by atoms with Crippen molar-refractivity contribution in [1.82, 2.24) is 15.5 Å². The molecule has 5 nitrogen and oxygen atoms in total. The summed E-state index contributed by atoms with van der Waals surface area (Å²) in [5, 5.41) is 14.5. The fourth-order valence-corrected chi connectivity index (χ4v) is 5.42. The third-order valence-corrected chi connectivity index (χ3v) is 7.24. The van der Waals surface area contributed by atoms with Crippen molar-refractivity contribution in [2.24, 2.45) is 5.92 Å². The van der Waals surface area contributed by atoms with Gasteiger partial charge in [0.25, 0.3) is 0 Å². The van der Waals surface area contributed by atoms with E-state index in [1.165, 1.54) is 18.4 Å². The van der Waals surface area contributed by atoms with Crippen LogP contribution in [0.3, 0.4) is 0 Å². The normalized spacial score (nSPS) is 22.7. The summed E-state index contributed by atoms with van der Waals surface area (Å²) in [6.07, 6.45) is 6.21. The number of hydrogen-bond acceptors (Lipinski definition) is 6. The van der Waals surface area contributed by atoms with Gasteiger partial charge >= 0.3 is 5.97 Å². The first-order valence-electron chi connectivity index (χ1n) is 10.6. The minimum Gasteiger partial charge on any atom is -0.466 e. The molecule has 1 aliphatic heterocycles. The van der Waals surface area contributed by atoms with Gasteiger partial charge in [-0.1, -0.05) is 35.6 Å². The van der Waals surface area contributed by atoms with Gasteiger partial charge in [0.2, 0.25) is 0 Å². The molecule has 0 atom stereocenters. The summed E-state index contributed by atoms with van der Waals surface area (Å²) in [5.41, 5.74) is 2.59. The van der Waals surface area contributed by atoms with Crippen LogP contribution in [-0.2, 0) is 9.53 Å². The number of nitrogens with zero attached hydrogens (tertiary/aromatic N) is 2. The number of aromatic nitrogens is 2. The first kappa shape index (κ1) is 22.2. The Morgan fingerprint density at radius 1 is 1.03 bits per heavy atom. The van der Waals surface area contributed by atoms with Crippen LogP contribution < -0.4 is 5.32 Å². The molecule has 2 heterocycles. The Morgan fingerprint density at radius 2 is 1.72 bits per heavy atom. The Kier molecular flexibility index (Phi) is 8.04. The van der Waals surface area contributed by atoms with Crippen LogP contribution in [0.1, 0.15) is 67.9 Å². The lowest BCUT2D eigenvalue weighted by atomic mass is 9.82. The molecule has 7 heteroatoms. The van der Waals surface area contributed by atoms with Crippen molar-refractivity contribution in [2.45, 2.75) is 57.3 Å². The van der Waals surface area contributed by atoms with Crippen LogP contribution in [-0.4, -0.2) is 35.9 Å². The molecule has 158 valence electrons. The fraction of sp³-hybridized carbons (Fsp3) is 0.591. The first-order valence-corrected chi connectivity index (χ1v) is 11.4. The summed E-state index contributed by atoms with van der Waals surface area (Å²) in [7, 11) is 0. The van der Waals surface area contributed by atoms with Gasteiger partial charge in [-0.25, -0.2) is 0 Å². The monoisotopic (exact) mass is 435 g/mol. The molecule has 0 spiro atoms. The highest BCUT2D eigenvalue weighted by Gasteiger charge is 2.29. The van der Waals surface area contributed by atoms with Crippen molar-refractivity contribution in [3.63, 3.8) is 0 Å². The lowest BCUT2D eigenvalue weighted by Crippen LogP contribution is -2.26. The number of carbonyl (C=O) groups is 1. The molecule has 0 amide bonds. The highest BCUT2D eigenvalue weighted by Crippen LogP contribution is 2.39. The number of nitrogens with one attached hydrogen (secondary N) is 1. The molecule has 2 aromatic rings. The van der Waals surface area contributed by atoms with E-state index in [-0.39, 0.29) is 24.3 Å². The third kappa shape index (κ3) is 5.36. The van der Waals surface area contributed by atoms with Crippen LogP contribution in [0, 0.1) is 5.92 Å². The minimum atomic E-state index is -0.0345. The lowest BCUT2D eigenvalue weighted by molar-refractivity contribution is -0.149. The molecular formula is C22H30ClN3O2S. The molecule has 1 saturated heterocycles. The van der Waals surface area contributed by atoms with Crippen molar-refractivity contribution >= 4 is 29.7 Å². The number of ether oxygens (including phenoxy) is 1. The van der Waals surface area contributed by atoms with E-state index in [1.54, 1.807) is 11.3 Å². The molecule has 4 rings (SSSR count). The van der Waals surface area contributed by atoms with E-state index in [9.17, 15) is 4.79 Å². The van der Waals surface area contributed by atoms with Gasteiger partial charge in [0.05, 0.1) is 12.5 Å². The largest absolute Gasteiger partial charge is 0.466 e. The van der Waals surface area contributed by atoms with Gasteiger partial charge < -0.3 is 10.1 Å². The Labute approximate surface area is 183 Å². The van der Waals surface area contributed by atoms with Gasteiger partial charge in [-0.15, -0.1) is 22.6 Å². The zero-order chi connectivity index (χ0) is 19.3. The predicted octanol–water partition coefficient (Wildman–Crippen LogP) is 4.93. The standard InChI is InChI=1S/C22H29N3O2S.ClH/c1-2-27-22(26)19-9-7-18(8-10-19)21-25-24-20(28-21)17-5-3-15(4-6-17)16-11-13-23-14-12-16;/h3-6,16,18-19,23H,2,7-14H2,1H3;1H. The second-order valence-electron chi connectivity index (χ2n) is 7.89. The van der Waals surface area contributed by atoms with Crippen molar-refractivity contribution in [2.75, 3.05) is 19.7 Å².